The number of aromatic nitrogens is 2. The molecule has 0 unspecified atom stereocenters. The van der Waals surface area contributed by atoms with Gasteiger partial charge in [0.05, 0.1) is 6.33 Å². The Morgan fingerprint density at radius 3 is 2.94 bits per heavy atom. The standard InChI is InChI=1S/C13H17N3S/c1-10(2)16-9-15-7-12(16)8-17-13-5-3-4-11(14)6-13/h3-7,9-10H,8,14H2,1-2H3. The minimum atomic E-state index is 0.453. The van der Waals surface area contributed by atoms with Gasteiger partial charge in [0.15, 0.2) is 0 Å². The van der Waals surface area contributed by atoms with Crippen molar-refractivity contribution in [2.45, 2.75) is 30.5 Å². The molecule has 1 aromatic heterocycles. The molecule has 0 aliphatic carbocycles. The molecular formula is C13H17N3S. The average molecular weight is 247 g/mol. The van der Waals surface area contributed by atoms with Crippen molar-refractivity contribution in [3.05, 3.63) is 42.5 Å². The third-order valence-electron chi connectivity index (χ3n) is 2.55. The van der Waals surface area contributed by atoms with E-state index < -0.39 is 0 Å². The molecule has 2 N–H and O–H groups in total. The second-order valence-corrected chi connectivity index (χ2v) is 5.30. The smallest absolute Gasteiger partial charge is 0.0950 e. The predicted octanol–water partition coefficient (Wildman–Crippen LogP) is 3.34. The lowest BCUT2D eigenvalue weighted by Crippen LogP contribution is -2.02. The van der Waals surface area contributed by atoms with Gasteiger partial charge in [-0.05, 0) is 32.0 Å². The van der Waals surface area contributed by atoms with E-state index in [0.717, 1.165) is 11.4 Å². The van der Waals surface area contributed by atoms with Crippen molar-refractivity contribution in [2.75, 3.05) is 5.73 Å². The van der Waals surface area contributed by atoms with E-state index >= 15 is 0 Å². The Labute approximate surface area is 106 Å². The van der Waals surface area contributed by atoms with Gasteiger partial charge < -0.3 is 10.3 Å². The first-order valence-electron chi connectivity index (χ1n) is 5.66. The van der Waals surface area contributed by atoms with Crippen LogP contribution in [0.5, 0.6) is 0 Å². The van der Waals surface area contributed by atoms with E-state index in [2.05, 4.69) is 29.5 Å². The molecule has 0 spiro atoms. The molecular weight excluding hydrogens is 230 g/mol. The van der Waals surface area contributed by atoms with E-state index in [1.807, 2.05) is 30.7 Å². The highest BCUT2D eigenvalue weighted by atomic mass is 32.2. The van der Waals surface area contributed by atoms with Gasteiger partial charge in [-0.15, -0.1) is 11.8 Å². The van der Waals surface area contributed by atoms with Crippen LogP contribution < -0.4 is 5.73 Å². The zero-order chi connectivity index (χ0) is 12.3. The summed E-state index contributed by atoms with van der Waals surface area (Å²) in [7, 11) is 0. The molecule has 90 valence electrons. The summed E-state index contributed by atoms with van der Waals surface area (Å²) in [5, 5.41) is 0. The van der Waals surface area contributed by atoms with Gasteiger partial charge in [-0.25, -0.2) is 4.98 Å². The van der Waals surface area contributed by atoms with Crippen LogP contribution in [0.2, 0.25) is 0 Å². The Morgan fingerprint density at radius 2 is 2.24 bits per heavy atom. The number of rotatable bonds is 4. The normalized spacial score (nSPS) is 11.0. The number of hydrogen-bond donors (Lipinski definition) is 1. The molecule has 0 saturated heterocycles. The maximum Gasteiger partial charge on any atom is 0.0950 e. The molecule has 0 radical (unpaired) electrons. The molecule has 4 heteroatoms. The molecule has 0 bridgehead atoms. The molecule has 1 aromatic carbocycles. The van der Waals surface area contributed by atoms with Crippen LogP contribution in [0.4, 0.5) is 5.69 Å². The Balaban J connectivity index is 2.05. The third kappa shape index (κ3) is 3.03. The number of nitrogens with two attached hydrogens (primary N) is 1. The summed E-state index contributed by atoms with van der Waals surface area (Å²) in [4.78, 5) is 5.39. The molecule has 1 heterocycles. The van der Waals surface area contributed by atoms with E-state index in [-0.39, 0.29) is 0 Å². The van der Waals surface area contributed by atoms with E-state index in [1.54, 1.807) is 11.8 Å². The van der Waals surface area contributed by atoms with E-state index in [1.165, 1.54) is 10.6 Å². The Kier molecular flexibility index (Phi) is 3.74. The van der Waals surface area contributed by atoms with Gasteiger partial charge in [0.25, 0.3) is 0 Å². The van der Waals surface area contributed by atoms with Gasteiger partial charge in [0.2, 0.25) is 0 Å². The molecule has 0 atom stereocenters. The van der Waals surface area contributed by atoms with Crippen LogP contribution in [0, 0.1) is 0 Å². The number of imidazole rings is 1. The van der Waals surface area contributed by atoms with Crippen LogP contribution in [0.15, 0.2) is 41.7 Å². The highest BCUT2D eigenvalue weighted by Gasteiger charge is 2.05. The quantitative estimate of drug-likeness (QED) is 0.665. The zero-order valence-electron chi connectivity index (χ0n) is 10.1. The summed E-state index contributed by atoms with van der Waals surface area (Å²) in [6.45, 7) is 4.33. The molecule has 2 aromatic rings. The molecule has 0 fully saturated rings. The predicted molar refractivity (Wildman–Crippen MR) is 73.0 cm³/mol. The molecule has 0 aliphatic rings. The first-order chi connectivity index (χ1) is 8.16. The second-order valence-electron chi connectivity index (χ2n) is 4.25. The summed E-state index contributed by atoms with van der Waals surface area (Å²) in [6, 6.07) is 8.42. The van der Waals surface area contributed by atoms with Crippen molar-refractivity contribution in [3.63, 3.8) is 0 Å². The number of benzene rings is 1. The fourth-order valence-electron chi connectivity index (χ4n) is 1.67. The number of nitrogens with zero attached hydrogens (tertiary/aromatic N) is 2. The molecule has 17 heavy (non-hydrogen) atoms. The van der Waals surface area contributed by atoms with Gasteiger partial charge in [-0.2, -0.15) is 0 Å². The molecule has 0 saturated carbocycles. The summed E-state index contributed by atoms with van der Waals surface area (Å²) >= 11 is 1.78. The van der Waals surface area contributed by atoms with Gasteiger partial charge in [-0.3, -0.25) is 0 Å². The van der Waals surface area contributed by atoms with E-state index in [4.69, 9.17) is 5.73 Å². The first-order valence-corrected chi connectivity index (χ1v) is 6.64. The lowest BCUT2D eigenvalue weighted by Gasteiger charge is -2.11. The van der Waals surface area contributed by atoms with Crippen LogP contribution in [0.1, 0.15) is 25.6 Å². The van der Waals surface area contributed by atoms with Crippen LogP contribution in [0.3, 0.4) is 0 Å². The van der Waals surface area contributed by atoms with E-state index in [0.29, 0.717) is 6.04 Å². The van der Waals surface area contributed by atoms with Crippen molar-refractivity contribution < 1.29 is 0 Å². The van der Waals surface area contributed by atoms with Crippen molar-refractivity contribution >= 4 is 17.4 Å². The minimum absolute atomic E-state index is 0.453. The highest BCUT2D eigenvalue weighted by Crippen LogP contribution is 2.25. The minimum Gasteiger partial charge on any atom is -0.399 e. The number of thioether (sulfide) groups is 1. The molecule has 3 nitrogen and oxygen atoms in total. The van der Waals surface area contributed by atoms with Crippen LogP contribution in [-0.4, -0.2) is 9.55 Å². The summed E-state index contributed by atoms with van der Waals surface area (Å²) in [5.41, 5.74) is 7.81. The molecule has 0 amide bonds. The Morgan fingerprint density at radius 1 is 1.41 bits per heavy atom. The van der Waals surface area contributed by atoms with Gasteiger partial charge in [0.1, 0.15) is 0 Å². The Bertz CT molecular complexity index is 491. The zero-order valence-corrected chi connectivity index (χ0v) is 10.9. The third-order valence-corrected chi connectivity index (χ3v) is 3.57. The van der Waals surface area contributed by atoms with Crippen LogP contribution in [-0.2, 0) is 5.75 Å². The molecule has 0 aliphatic heterocycles. The van der Waals surface area contributed by atoms with Gasteiger partial charge in [-0.1, -0.05) is 6.07 Å². The monoisotopic (exact) mass is 247 g/mol. The van der Waals surface area contributed by atoms with Gasteiger partial charge >= 0.3 is 0 Å². The lowest BCUT2D eigenvalue weighted by molar-refractivity contribution is 0.584. The lowest BCUT2D eigenvalue weighted by atomic mass is 10.3. The average Bonchev–Trinajstić information content (AvgIpc) is 2.74. The SMILES string of the molecule is CC(C)n1cncc1CSc1cccc(N)c1. The number of anilines is 1. The fraction of sp³-hybridized carbons (Fsp3) is 0.308. The van der Waals surface area contributed by atoms with Crippen molar-refractivity contribution in [1.29, 1.82) is 0 Å². The second kappa shape index (κ2) is 5.27. The maximum absolute atomic E-state index is 5.75. The highest BCUT2D eigenvalue weighted by molar-refractivity contribution is 7.98. The van der Waals surface area contributed by atoms with Crippen molar-refractivity contribution in [1.82, 2.24) is 9.55 Å². The van der Waals surface area contributed by atoms with Crippen LogP contribution >= 0.6 is 11.8 Å². The topological polar surface area (TPSA) is 43.8 Å². The van der Waals surface area contributed by atoms with Crippen molar-refractivity contribution in [3.8, 4) is 0 Å². The first kappa shape index (κ1) is 12.0. The summed E-state index contributed by atoms with van der Waals surface area (Å²) in [5.74, 6) is 0.918. The maximum atomic E-state index is 5.75. The van der Waals surface area contributed by atoms with Crippen LogP contribution in [0.25, 0.3) is 0 Å². The van der Waals surface area contributed by atoms with E-state index in [9.17, 15) is 0 Å². The fourth-order valence-corrected chi connectivity index (χ4v) is 2.60. The van der Waals surface area contributed by atoms with Crippen molar-refractivity contribution in [2.24, 2.45) is 0 Å². The number of nitrogen functional groups attached to an aromatic ring is 1. The summed E-state index contributed by atoms with van der Waals surface area (Å²) < 4.78 is 2.19. The van der Waals surface area contributed by atoms with Gasteiger partial charge in [0, 0.05) is 34.3 Å². The molecule has 2 rings (SSSR count). The Hall–Kier alpha value is -1.42. The largest absolute Gasteiger partial charge is 0.399 e. The number of hydrogen-bond acceptors (Lipinski definition) is 3. The summed E-state index contributed by atoms with van der Waals surface area (Å²) in [6.07, 6.45) is 3.82.